The van der Waals surface area contributed by atoms with Crippen LogP contribution in [0, 0.1) is 12.8 Å². The third kappa shape index (κ3) is 2.84. The summed E-state index contributed by atoms with van der Waals surface area (Å²) >= 11 is 0. The van der Waals surface area contributed by atoms with Crippen LogP contribution in [0.5, 0.6) is 0 Å². The van der Waals surface area contributed by atoms with E-state index in [1.807, 2.05) is 42.2 Å². The summed E-state index contributed by atoms with van der Waals surface area (Å²) < 4.78 is 0. The molecule has 3 saturated heterocycles. The standard InChI is InChI=1S/C18H21N5O/c1-13-5-8-17(21-20-13)22-10-14-6-7-16(12-22)23(18(14)24)11-15-4-2-3-9-19-15/h2-5,8-9,14,16H,6-7,10-12H2,1H3/t14-,16+/m1/s1. The van der Waals surface area contributed by atoms with Crippen LogP contribution < -0.4 is 4.90 Å². The Balaban J connectivity index is 1.57. The van der Waals surface area contributed by atoms with Gasteiger partial charge >= 0.3 is 0 Å². The van der Waals surface area contributed by atoms with Crippen molar-refractivity contribution in [3.63, 3.8) is 0 Å². The zero-order valence-corrected chi connectivity index (χ0v) is 13.8. The van der Waals surface area contributed by atoms with Gasteiger partial charge in [-0.2, -0.15) is 5.10 Å². The third-order valence-electron chi connectivity index (χ3n) is 4.96. The summed E-state index contributed by atoms with van der Waals surface area (Å²) in [6, 6.07) is 10.0. The maximum atomic E-state index is 12.9. The highest BCUT2D eigenvalue weighted by molar-refractivity contribution is 5.81. The Morgan fingerprint density at radius 2 is 2.04 bits per heavy atom. The quantitative estimate of drug-likeness (QED) is 0.862. The molecule has 0 aromatic carbocycles. The summed E-state index contributed by atoms with van der Waals surface area (Å²) in [6.45, 7) is 4.06. The summed E-state index contributed by atoms with van der Waals surface area (Å²) in [5.41, 5.74) is 1.85. The van der Waals surface area contributed by atoms with Crippen LogP contribution in [0.15, 0.2) is 36.5 Å². The maximum absolute atomic E-state index is 12.9. The third-order valence-corrected chi connectivity index (χ3v) is 4.96. The predicted molar refractivity (Wildman–Crippen MR) is 90.3 cm³/mol. The number of pyridine rings is 1. The average Bonchev–Trinajstić information content (AvgIpc) is 2.89. The van der Waals surface area contributed by atoms with Gasteiger partial charge in [-0.05, 0) is 44.0 Å². The molecule has 1 amide bonds. The molecular weight excluding hydrogens is 302 g/mol. The first-order chi connectivity index (χ1) is 11.7. The fourth-order valence-electron chi connectivity index (χ4n) is 3.66. The monoisotopic (exact) mass is 323 g/mol. The SMILES string of the molecule is Cc1ccc(N2C[C@H]3CC[C@@H](C2)N(Cc2ccccn2)C3=O)nn1. The lowest BCUT2D eigenvalue weighted by Gasteiger charge is -2.35. The molecule has 2 atom stereocenters. The molecule has 0 aliphatic carbocycles. The van der Waals surface area contributed by atoms with Crippen LogP contribution in [0.2, 0.25) is 0 Å². The Bertz CT molecular complexity index is 718. The van der Waals surface area contributed by atoms with E-state index in [1.54, 1.807) is 6.20 Å². The van der Waals surface area contributed by atoms with Gasteiger partial charge in [0.1, 0.15) is 0 Å². The molecule has 24 heavy (non-hydrogen) atoms. The van der Waals surface area contributed by atoms with E-state index in [-0.39, 0.29) is 17.9 Å². The fraction of sp³-hybridized carbons (Fsp3) is 0.444. The normalized spacial score (nSPS) is 23.5. The van der Waals surface area contributed by atoms with Gasteiger partial charge in [-0.3, -0.25) is 9.78 Å². The molecule has 0 radical (unpaired) electrons. The fourth-order valence-corrected chi connectivity index (χ4v) is 3.66. The van der Waals surface area contributed by atoms with Crippen molar-refractivity contribution >= 4 is 11.7 Å². The predicted octanol–water partition coefficient (Wildman–Crippen LogP) is 1.81. The van der Waals surface area contributed by atoms with Crippen molar-refractivity contribution in [2.24, 2.45) is 5.92 Å². The second kappa shape index (κ2) is 6.19. The van der Waals surface area contributed by atoms with E-state index < -0.39 is 0 Å². The van der Waals surface area contributed by atoms with Crippen LogP contribution in [-0.4, -0.2) is 45.1 Å². The minimum absolute atomic E-state index is 0.0376. The number of piperidine rings is 1. The Kier molecular flexibility index (Phi) is 3.88. The average molecular weight is 323 g/mol. The molecule has 2 bridgehead atoms. The maximum Gasteiger partial charge on any atom is 0.228 e. The number of nitrogens with zero attached hydrogens (tertiary/aromatic N) is 5. The van der Waals surface area contributed by atoms with Gasteiger partial charge in [-0.25, -0.2) is 0 Å². The van der Waals surface area contributed by atoms with Gasteiger partial charge in [0, 0.05) is 25.3 Å². The number of hydrogen-bond acceptors (Lipinski definition) is 5. The van der Waals surface area contributed by atoms with E-state index in [0.717, 1.165) is 43.1 Å². The van der Waals surface area contributed by atoms with Gasteiger partial charge in [0.05, 0.1) is 23.9 Å². The summed E-state index contributed by atoms with van der Waals surface area (Å²) in [4.78, 5) is 21.5. The lowest BCUT2D eigenvalue weighted by molar-refractivity contribution is -0.140. The molecule has 0 N–H and O–H groups in total. The van der Waals surface area contributed by atoms with Gasteiger partial charge in [0.15, 0.2) is 5.82 Å². The van der Waals surface area contributed by atoms with Crippen molar-refractivity contribution in [2.75, 3.05) is 18.0 Å². The van der Waals surface area contributed by atoms with Crippen LogP contribution in [0.4, 0.5) is 5.82 Å². The summed E-state index contributed by atoms with van der Waals surface area (Å²) in [7, 11) is 0. The molecule has 0 spiro atoms. The smallest absolute Gasteiger partial charge is 0.228 e. The largest absolute Gasteiger partial charge is 0.352 e. The molecule has 0 unspecified atom stereocenters. The number of carbonyl (C=O) groups is 1. The van der Waals surface area contributed by atoms with Crippen molar-refractivity contribution in [1.82, 2.24) is 20.1 Å². The first kappa shape index (κ1) is 15.1. The number of hydrogen-bond donors (Lipinski definition) is 0. The van der Waals surface area contributed by atoms with Crippen LogP contribution in [0.3, 0.4) is 0 Å². The molecule has 124 valence electrons. The second-order valence-electron chi connectivity index (χ2n) is 6.65. The highest BCUT2D eigenvalue weighted by atomic mass is 16.2. The number of amides is 1. The minimum atomic E-state index is 0.0376. The molecule has 2 aromatic rings. The topological polar surface area (TPSA) is 62.2 Å². The lowest BCUT2D eigenvalue weighted by Crippen LogP contribution is -2.47. The molecule has 2 aromatic heterocycles. The molecule has 3 fully saturated rings. The Labute approximate surface area is 141 Å². The second-order valence-corrected chi connectivity index (χ2v) is 6.65. The van der Waals surface area contributed by atoms with Crippen molar-refractivity contribution in [3.8, 4) is 0 Å². The van der Waals surface area contributed by atoms with Gasteiger partial charge in [0.25, 0.3) is 0 Å². The highest BCUT2D eigenvalue weighted by Crippen LogP contribution is 2.31. The number of fused-ring (bicyclic) bond motifs is 4. The zero-order valence-electron chi connectivity index (χ0n) is 13.8. The van der Waals surface area contributed by atoms with E-state index in [2.05, 4.69) is 20.1 Å². The van der Waals surface area contributed by atoms with Crippen LogP contribution in [-0.2, 0) is 11.3 Å². The molecule has 5 heterocycles. The number of rotatable bonds is 3. The number of carbonyl (C=O) groups excluding carboxylic acids is 1. The van der Waals surface area contributed by atoms with E-state index >= 15 is 0 Å². The van der Waals surface area contributed by atoms with Gasteiger partial charge in [0.2, 0.25) is 5.91 Å². The number of aromatic nitrogens is 3. The first-order valence-corrected chi connectivity index (χ1v) is 8.46. The van der Waals surface area contributed by atoms with Gasteiger partial charge < -0.3 is 9.80 Å². The van der Waals surface area contributed by atoms with E-state index in [0.29, 0.717) is 6.54 Å². The van der Waals surface area contributed by atoms with Crippen molar-refractivity contribution in [1.29, 1.82) is 0 Å². The highest BCUT2D eigenvalue weighted by Gasteiger charge is 2.41. The van der Waals surface area contributed by atoms with E-state index in [9.17, 15) is 4.79 Å². The Hall–Kier alpha value is -2.50. The van der Waals surface area contributed by atoms with Crippen LogP contribution in [0.1, 0.15) is 24.2 Å². The van der Waals surface area contributed by atoms with Crippen LogP contribution in [0.25, 0.3) is 0 Å². The number of anilines is 1. The summed E-state index contributed by atoms with van der Waals surface area (Å²) in [5, 5.41) is 8.47. The zero-order chi connectivity index (χ0) is 16.5. The van der Waals surface area contributed by atoms with Crippen molar-refractivity contribution < 1.29 is 4.79 Å². The molecule has 5 rings (SSSR count). The van der Waals surface area contributed by atoms with Crippen molar-refractivity contribution in [3.05, 3.63) is 47.9 Å². The van der Waals surface area contributed by atoms with Gasteiger partial charge in [-0.15, -0.1) is 5.10 Å². The molecule has 3 aliphatic heterocycles. The lowest BCUT2D eigenvalue weighted by atomic mass is 9.94. The Morgan fingerprint density at radius 3 is 2.79 bits per heavy atom. The van der Waals surface area contributed by atoms with E-state index in [1.165, 1.54) is 0 Å². The molecule has 6 nitrogen and oxygen atoms in total. The molecular formula is C18H21N5O. The Morgan fingerprint density at radius 1 is 1.12 bits per heavy atom. The van der Waals surface area contributed by atoms with Crippen LogP contribution >= 0.6 is 0 Å². The molecule has 6 heteroatoms. The summed E-state index contributed by atoms with van der Waals surface area (Å²) in [5.74, 6) is 1.15. The molecule has 3 aliphatic rings. The minimum Gasteiger partial charge on any atom is -0.352 e. The number of aryl methyl sites for hydroxylation is 1. The molecule has 0 saturated carbocycles. The summed E-state index contributed by atoms with van der Waals surface area (Å²) in [6.07, 6.45) is 3.78. The first-order valence-electron chi connectivity index (χ1n) is 8.46. The van der Waals surface area contributed by atoms with E-state index in [4.69, 9.17) is 0 Å². The van der Waals surface area contributed by atoms with Gasteiger partial charge in [-0.1, -0.05) is 6.07 Å². The van der Waals surface area contributed by atoms with Crippen molar-refractivity contribution in [2.45, 2.75) is 32.4 Å².